The fourth-order valence-electron chi connectivity index (χ4n) is 2.13. The Morgan fingerprint density at radius 1 is 1.27 bits per heavy atom. The number of aromatic nitrogens is 3. The van der Waals surface area contributed by atoms with Gasteiger partial charge in [-0.2, -0.15) is 5.10 Å². The average Bonchev–Trinajstić information content (AvgIpc) is 3.08. The van der Waals surface area contributed by atoms with Gasteiger partial charge in [0.15, 0.2) is 11.8 Å². The van der Waals surface area contributed by atoms with E-state index < -0.39 is 0 Å². The molecule has 2 aromatic heterocycles. The van der Waals surface area contributed by atoms with Crippen molar-refractivity contribution in [1.29, 1.82) is 0 Å². The van der Waals surface area contributed by atoms with E-state index in [-0.39, 0.29) is 42.0 Å². The highest BCUT2D eigenvalue weighted by atomic mass is 127. The minimum Gasteiger partial charge on any atom is -0.352 e. The van der Waals surface area contributed by atoms with Gasteiger partial charge in [-0.25, -0.2) is 9.67 Å². The second-order valence-corrected chi connectivity index (χ2v) is 6.55. The lowest BCUT2D eigenvalue weighted by molar-refractivity contribution is -0.121. The first-order chi connectivity index (χ1) is 11.9. The molecular formula is C17H26IN7O. The maximum Gasteiger partial charge on any atom is 0.239 e. The monoisotopic (exact) mass is 471 g/mol. The van der Waals surface area contributed by atoms with Crippen molar-refractivity contribution in [3.8, 4) is 5.82 Å². The zero-order chi connectivity index (χ0) is 18.3. The van der Waals surface area contributed by atoms with Gasteiger partial charge in [0.2, 0.25) is 5.91 Å². The van der Waals surface area contributed by atoms with Crippen molar-refractivity contribution in [3.05, 3.63) is 42.4 Å². The van der Waals surface area contributed by atoms with Gasteiger partial charge in [0.05, 0.1) is 6.54 Å². The number of amides is 1. The number of guanidine groups is 1. The number of carbonyl (C=O) groups excluding carboxylic acids is 1. The third kappa shape index (κ3) is 7.38. The van der Waals surface area contributed by atoms with Gasteiger partial charge in [-0.1, -0.05) is 0 Å². The Kier molecular flexibility index (Phi) is 8.49. The second-order valence-electron chi connectivity index (χ2n) is 6.55. The minimum atomic E-state index is -0.254. The van der Waals surface area contributed by atoms with E-state index in [1.165, 1.54) is 0 Å². The SMILES string of the molecule is CN=C(NCC(=O)NC(C)(C)C)NCc1ccnc(-n2cccn2)c1.I. The van der Waals surface area contributed by atoms with Gasteiger partial charge in [0.1, 0.15) is 0 Å². The van der Waals surface area contributed by atoms with Crippen LogP contribution in [0.4, 0.5) is 0 Å². The van der Waals surface area contributed by atoms with Gasteiger partial charge in [-0.3, -0.25) is 9.79 Å². The number of aliphatic imine (C=N–C) groups is 1. The third-order valence-electron chi connectivity index (χ3n) is 3.16. The summed E-state index contributed by atoms with van der Waals surface area (Å²) in [6, 6.07) is 5.71. The number of hydrogen-bond donors (Lipinski definition) is 3. The molecule has 26 heavy (non-hydrogen) atoms. The highest BCUT2D eigenvalue weighted by molar-refractivity contribution is 14.0. The van der Waals surface area contributed by atoms with Crippen molar-refractivity contribution in [2.24, 2.45) is 4.99 Å². The Morgan fingerprint density at radius 3 is 2.65 bits per heavy atom. The van der Waals surface area contributed by atoms with Crippen molar-refractivity contribution in [1.82, 2.24) is 30.7 Å². The summed E-state index contributed by atoms with van der Waals surface area (Å²) in [4.78, 5) is 20.3. The average molecular weight is 471 g/mol. The quantitative estimate of drug-likeness (QED) is 0.349. The summed E-state index contributed by atoms with van der Waals surface area (Å²) in [5.74, 6) is 1.22. The summed E-state index contributed by atoms with van der Waals surface area (Å²) >= 11 is 0. The number of rotatable bonds is 5. The molecular weight excluding hydrogens is 445 g/mol. The van der Waals surface area contributed by atoms with Crippen LogP contribution >= 0.6 is 24.0 Å². The van der Waals surface area contributed by atoms with E-state index in [0.717, 1.165) is 11.4 Å². The van der Waals surface area contributed by atoms with Crippen molar-refractivity contribution >= 4 is 35.8 Å². The van der Waals surface area contributed by atoms with Crippen molar-refractivity contribution in [2.75, 3.05) is 13.6 Å². The zero-order valence-electron chi connectivity index (χ0n) is 15.5. The molecule has 0 saturated heterocycles. The normalized spacial score (nSPS) is 11.5. The molecule has 0 aliphatic carbocycles. The standard InChI is InChI=1S/C17H25N7O.HI/c1-17(2,3)23-15(25)12-21-16(18-4)20-11-13-6-8-19-14(10-13)24-9-5-7-22-24;/h5-10H,11-12H2,1-4H3,(H,23,25)(H2,18,20,21);1H. The number of carbonyl (C=O) groups is 1. The molecule has 2 rings (SSSR count). The number of pyridine rings is 1. The van der Waals surface area contributed by atoms with Crippen LogP contribution in [0.5, 0.6) is 0 Å². The van der Waals surface area contributed by atoms with Crippen LogP contribution < -0.4 is 16.0 Å². The lowest BCUT2D eigenvalue weighted by Gasteiger charge is -2.21. The Morgan fingerprint density at radius 2 is 2.04 bits per heavy atom. The highest BCUT2D eigenvalue weighted by Crippen LogP contribution is 2.05. The summed E-state index contributed by atoms with van der Waals surface area (Å²) in [5.41, 5.74) is 0.776. The molecule has 142 valence electrons. The zero-order valence-corrected chi connectivity index (χ0v) is 17.8. The van der Waals surface area contributed by atoms with Crippen LogP contribution in [0.25, 0.3) is 5.82 Å². The predicted octanol–water partition coefficient (Wildman–Crippen LogP) is 1.47. The maximum atomic E-state index is 11.9. The lowest BCUT2D eigenvalue weighted by Crippen LogP contribution is -2.48. The van der Waals surface area contributed by atoms with Gasteiger partial charge in [-0.05, 0) is 44.5 Å². The largest absolute Gasteiger partial charge is 0.352 e. The molecule has 1 amide bonds. The highest BCUT2D eigenvalue weighted by Gasteiger charge is 2.13. The molecule has 0 aliphatic heterocycles. The molecule has 0 unspecified atom stereocenters. The third-order valence-corrected chi connectivity index (χ3v) is 3.16. The Balaban J connectivity index is 0.00000338. The summed E-state index contributed by atoms with van der Waals surface area (Å²) in [6.45, 7) is 6.54. The van der Waals surface area contributed by atoms with Crippen LogP contribution in [-0.2, 0) is 11.3 Å². The van der Waals surface area contributed by atoms with Crippen LogP contribution in [0.1, 0.15) is 26.3 Å². The van der Waals surface area contributed by atoms with Crippen molar-refractivity contribution in [3.63, 3.8) is 0 Å². The molecule has 0 radical (unpaired) electrons. The second kappa shape index (κ2) is 10.1. The van der Waals surface area contributed by atoms with E-state index >= 15 is 0 Å². The van der Waals surface area contributed by atoms with E-state index in [9.17, 15) is 4.79 Å². The summed E-state index contributed by atoms with van der Waals surface area (Å²) < 4.78 is 1.70. The predicted molar refractivity (Wildman–Crippen MR) is 113 cm³/mol. The number of halogens is 1. The molecule has 0 atom stereocenters. The molecule has 9 heteroatoms. The first-order valence-electron chi connectivity index (χ1n) is 8.08. The smallest absolute Gasteiger partial charge is 0.239 e. The van der Waals surface area contributed by atoms with Crippen LogP contribution in [0, 0.1) is 0 Å². The van der Waals surface area contributed by atoms with Gasteiger partial charge in [0, 0.05) is 37.7 Å². The Labute approximate surface area is 170 Å². The first-order valence-corrected chi connectivity index (χ1v) is 8.08. The molecule has 2 heterocycles. The van der Waals surface area contributed by atoms with Gasteiger partial charge in [-0.15, -0.1) is 24.0 Å². The molecule has 2 aromatic rings. The maximum absolute atomic E-state index is 11.9. The molecule has 3 N–H and O–H groups in total. The Bertz CT molecular complexity index is 723. The Hall–Kier alpha value is -2.17. The lowest BCUT2D eigenvalue weighted by atomic mass is 10.1. The minimum absolute atomic E-state index is 0. The molecule has 8 nitrogen and oxygen atoms in total. The van der Waals surface area contributed by atoms with Gasteiger partial charge >= 0.3 is 0 Å². The summed E-state index contributed by atoms with van der Waals surface area (Å²) in [7, 11) is 1.67. The molecule has 0 saturated carbocycles. The molecule has 0 fully saturated rings. The summed E-state index contributed by atoms with van der Waals surface area (Å²) in [6.07, 6.45) is 5.29. The van der Waals surface area contributed by atoms with Crippen LogP contribution in [-0.4, -0.2) is 45.8 Å². The van der Waals surface area contributed by atoms with E-state index in [1.54, 1.807) is 24.1 Å². The van der Waals surface area contributed by atoms with Gasteiger partial charge < -0.3 is 16.0 Å². The topological polar surface area (TPSA) is 96.2 Å². The van der Waals surface area contributed by atoms with E-state index in [4.69, 9.17) is 0 Å². The van der Waals surface area contributed by atoms with E-state index in [1.807, 2.05) is 45.2 Å². The van der Waals surface area contributed by atoms with E-state index in [2.05, 4.69) is 31.0 Å². The molecule has 0 aliphatic rings. The van der Waals surface area contributed by atoms with Crippen LogP contribution in [0.3, 0.4) is 0 Å². The fraction of sp³-hybridized carbons (Fsp3) is 0.412. The van der Waals surface area contributed by atoms with Gasteiger partial charge in [0.25, 0.3) is 0 Å². The van der Waals surface area contributed by atoms with Crippen LogP contribution in [0.2, 0.25) is 0 Å². The summed E-state index contributed by atoms with van der Waals surface area (Å²) in [5, 5.41) is 13.2. The fourth-order valence-corrected chi connectivity index (χ4v) is 2.13. The molecule has 0 spiro atoms. The molecule has 0 bridgehead atoms. The van der Waals surface area contributed by atoms with E-state index in [0.29, 0.717) is 12.5 Å². The number of nitrogens with zero attached hydrogens (tertiary/aromatic N) is 4. The first kappa shape index (κ1) is 21.9. The number of hydrogen-bond acceptors (Lipinski definition) is 4. The molecule has 0 aromatic carbocycles. The number of nitrogens with one attached hydrogen (secondary N) is 3. The van der Waals surface area contributed by atoms with Crippen molar-refractivity contribution < 1.29 is 4.79 Å². The van der Waals surface area contributed by atoms with Crippen molar-refractivity contribution in [2.45, 2.75) is 32.9 Å². The van der Waals surface area contributed by atoms with Crippen LogP contribution in [0.15, 0.2) is 41.8 Å².